The third-order valence-corrected chi connectivity index (χ3v) is 5.51. The molecule has 28 heavy (non-hydrogen) atoms. The summed E-state index contributed by atoms with van der Waals surface area (Å²) in [6, 6.07) is 11.7. The summed E-state index contributed by atoms with van der Waals surface area (Å²) in [5.41, 5.74) is 1.04. The maximum atomic E-state index is 12.7. The monoisotopic (exact) mass is 401 g/mol. The summed E-state index contributed by atoms with van der Waals surface area (Å²) in [7, 11) is 1.55. The minimum Gasteiger partial charge on any atom is -0.480 e. The predicted octanol–water partition coefficient (Wildman–Crippen LogP) is 3.60. The van der Waals surface area contributed by atoms with Gasteiger partial charge in [0.15, 0.2) is 0 Å². The molecule has 1 unspecified atom stereocenters. The van der Waals surface area contributed by atoms with E-state index in [9.17, 15) is 4.79 Å². The zero-order valence-corrected chi connectivity index (χ0v) is 17.4. The minimum absolute atomic E-state index is 0.0646. The molecule has 0 spiro atoms. The van der Waals surface area contributed by atoms with Crippen molar-refractivity contribution in [3.05, 3.63) is 42.0 Å². The fourth-order valence-electron chi connectivity index (χ4n) is 3.16. The second kappa shape index (κ2) is 9.78. The van der Waals surface area contributed by atoms with Crippen molar-refractivity contribution >= 4 is 17.7 Å². The molecule has 1 saturated heterocycles. The minimum atomic E-state index is -0.0646. The van der Waals surface area contributed by atoms with Crippen LogP contribution in [0.5, 0.6) is 11.8 Å². The Hall–Kier alpha value is -2.28. The Morgan fingerprint density at radius 1 is 1.18 bits per heavy atom. The first kappa shape index (κ1) is 20.5. The van der Waals surface area contributed by atoms with Crippen LogP contribution >= 0.6 is 11.8 Å². The molecule has 0 saturated carbocycles. The maximum Gasteiger partial charge on any atom is 0.233 e. The lowest BCUT2D eigenvalue weighted by Gasteiger charge is -2.32. The number of carbonyl (C=O) groups is 1. The number of benzene rings is 1. The summed E-state index contributed by atoms with van der Waals surface area (Å²) in [4.78, 5) is 15.9. The lowest BCUT2D eigenvalue weighted by atomic mass is 10.1. The lowest BCUT2D eigenvalue weighted by molar-refractivity contribution is -0.133. The number of ether oxygens (including phenoxy) is 2. The van der Waals surface area contributed by atoms with E-state index < -0.39 is 0 Å². The van der Waals surface area contributed by atoms with Gasteiger partial charge in [0, 0.05) is 28.8 Å². The van der Waals surface area contributed by atoms with Gasteiger partial charge in [-0.05, 0) is 30.5 Å². The molecule has 1 aromatic carbocycles. The topological polar surface area (TPSA) is 64.6 Å². The van der Waals surface area contributed by atoms with Crippen LogP contribution in [0.25, 0.3) is 0 Å². The smallest absolute Gasteiger partial charge is 0.233 e. The van der Waals surface area contributed by atoms with Crippen LogP contribution in [0.2, 0.25) is 0 Å². The third kappa shape index (κ3) is 5.86. The molecule has 1 fully saturated rings. The molecule has 1 atom stereocenters. The van der Waals surface area contributed by atoms with Crippen LogP contribution in [0, 0.1) is 0 Å². The first-order chi connectivity index (χ1) is 13.5. The van der Waals surface area contributed by atoms with E-state index in [4.69, 9.17) is 9.47 Å². The number of methoxy groups -OCH3 is 1. The Labute approximate surface area is 170 Å². The fourth-order valence-corrected chi connectivity index (χ4v) is 3.99. The number of piperidine rings is 1. The van der Waals surface area contributed by atoms with Crippen LogP contribution in [0.3, 0.4) is 0 Å². The Kier molecular flexibility index (Phi) is 7.14. The largest absolute Gasteiger partial charge is 0.480 e. The van der Waals surface area contributed by atoms with Gasteiger partial charge in [-0.3, -0.25) is 4.79 Å². The van der Waals surface area contributed by atoms with Crippen molar-refractivity contribution in [2.75, 3.05) is 20.2 Å². The van der Waals surface area contributed by atoms with Crippen molar-refractivity contribution in [3.8, 4) is 11.8 Å². The highest BCUT2D eigenvalue weighted by atomic mass is 32.2. The SMILES string of the molecule is COc1ccc(OC2CCCN(C(=O)Cc3ccc(SC(C)C)cc3)C2)nn1. The Morgan fingerprint density at radius 3 is 2.54 bits per heavy atom. The summed E-state index contributed by atoms with van der Waals surface area (Å²) in [6.45, 7) is 5.70. The molecule has 1 aromatic heterocycles. The van der Waals surface area contributed by atoms with Crippen LogP contribution in [-0.4, -0.2) is 52.6 Å². The quantitative estimate of drug-likeness (QED) is 0.661. The van der Waals surface area contributed by atoms with Gasteiger partial charge in [0.25, 0.3) is 0 Å². The van der Waals surface area contributed by atoms with Crippen molar-refractivity contribution in [2.45, 2.75) is 49.4 Å². The molecule has 0 radical (unpaired) electrons. The summed E-state index contributed by atoms with van der Waals surface area (Å²) < 4.78 is 10.9. The van der Waals surface area contributed by atoms with E-state index in [1.165, 1.54) is 4.90 Å². The zero-order chi connectivity index (χ0) is 19.9. The van der Waals surface area contributed by atoms with Crippen molar-refractivity contribution < 1.29 is 14.3 Å². The molecule has 0 bridgehead atoms. The average Bonchev–Trinajstić information content (AvgIpc) is 2.70. The molecule has 1 amide bonds. The molecule has 6 nitrogen and oxygen atoms in total. The molecule has 1 aliphatic rings. The first-order valence-corrected chi connectivity index (χ1v) is 10.5. The van der Waals surface area contributed by atoms with Crippen LogP contribution in [0.4, 0.5) is 0 Å². The maximum absolute atomic E-state index is 12.7. The number of rotatable bonds is 7. The van der Waals surface area contributed by atoms with Gasteiger partial charge >= 0.3 is 0 Å². The zero-order valence-electron chi connectivity index (χ0n) is 16.6. The van der Waals surface area contributed by atoms with Gasteiger partial charge in [-0.25, -0.2) is 0 Å². The number of thioether (sulfide) groups is 1. The van der Waals surface area contributed by atoms with Crippen molar-refractivity contribution in [2.24, 2.45) is 0 Å². The van der Waals surface area contributed by atoms with Gasteiger partial charge < -0.3 is 14.4 Å². The van der Waals surface area contributed by atoms with Gasteiger partial charge in [-0.15, -0.1) is 22.0 Å². The van der Waals surface area contributed by atoms with Gasteiger partial charge in [0.2, 0.25) is 17.7 Å². The van der Waals surface area contributed by atoms with E-state index >= 15 is 0 Å². The number of hydrogen-bond acceptors (Lipinski definition) is 6. The van der Waals surface area contributed by atoms with Crippen molar-refractivity contribution in [1.82, 2.24) is 15.1 Å². The third-order valence-electron chi connectivity index (χ3n) is 4.49. The molecular formula is C21H27N3O3S. The van der Waals surface area contributed by atoms with Crippen LogP contribution in [0.15, 0.2) is 41.3 Å². The number of hydrogen-bond donors (Lipinski definition) is 0. The molecule has 3 rings (SSSR count). The second-order valence-electron chi connectivity index (χ2n) is 7.12. The average molecular weight is 402 g/mol. The molecule has 0 N–H and O–H groups in total. The molecule has 0 aliphatic carbocycles. The van der Waals surface area contributed by atoms with E-state index in [-0.39, 0.29) is 12.0 Å². The first-order valence-electron chi connectivity index (χ1n) is 9.61. The number of likely N-dealkylation sites (tertiary alicyclic amines) is 1. The normalized spacial score (nSPS) is 16.9. The lowest BCUT2D eigenvalue weighted by Crippen LogP contribution is -2.45. The summed E-state index contributed by atoms with van der Waals surface area (Å²) >= 11 is 1.83. The Morgan fingerprint density at radius 2 is 1.89 bits per heavy atom. The number of aromatic nitrogens is 2. The second-order valence-corrected chi connectivity index (χ2v) is 8.77. The number of amides is 1. The Bertz CT molecular complexity index is 765. The van der Waals surface area contributed by atoms with Crippen LogP contribution in [-0.2, 0) is 11.2 Å². The van der Waals surface area contributed by atoms with E-state index in [2.05, 4.69) is 36.2 Å². The Balaban J connectivity index is 1.53. The van der Waals surface area contributed by atoms with Crippen molar-refractivity contribution in [1.29, 1.82) is 0 Å². The molecule has 2 heterocycles. The van der Waals surface area contributed by atoms with Gasteiger partial charge in [-0.2, -0.15) is 0 Å². The van der Waals surface area contributed by atoms with E-state index in [0.717, 1.165) is 24.9 Å². The van der Waals surface area contributed by atoms with Gasteiger partial charge in [0.05, 0.1) is 20.1 Å². The van der Waals surface area contributed by atoms with Crippen molar-refractivity contribution in [3.63, 3.8) is 0 Å². The standard InChI is InChI=1S/C21H27N3O3S/c1-15(2)28-18-8-6-16(7-9-18)13-21(25)24-12-4-5-17(14-24)27-20-11-10-19(26-3)22-23-20/h6-11,15,17H,4-5,12-14H2,1-3H3. The summed E-state index contributed by atoms with van der Waals surface area (Å²) in [5.74, 6) is 1.04. The van der Waals surface area contributed by atoms with Crippen LogP contribution < -0.4 is 9.47 Å². The highest BCUT2D eigenvalue weighted by Crippen LogP contribution is 2.23. The molecule has 1 aliphatic heterocycles. The van der Waals surface area contributed by atoms with E-state index in [0.29, 0.717) is 30.0 Å². The summed E-state index contributed by atoms with van der Waals surface area (Å²) in [5, 5.41) is 8.47. The predicted molar refractivity (Wildman–Crippen MR) is 110 cm³/mol. The molecule has 150 valence electrons. The van der Waals surface area contributed by atoms with Gasteiger partial charge in [-0.1, -0.05) is 26.0 Å². The van der Waals surface area contributed by atoms with E-state index in [1.807, 2.05) is 28.8 Å². The number of carbonyl (C=O) groups excluding carboxylic acids is 1. The molecule has 2 aromatic rings. The fraction of sp³-hybridized carbons (Fsp3) is 0.476. The van der Waals surface area contributed by atoms with Crippen LogP contribution in [0.1, 0.15) is 32.3 Å². The number of nitrogens with zero attached hydrogens (tertiary/aromatic N) is 3. The molecular weight excluding hydrogens is 374 g/mol. The highest BCUT2D eigenvalue weighted by Gasteiger charge is 2.25. The van der Waals surface area contributed by atoms with E-state index in [1.54, 1.807) is 19.2 Å². The van der Waals surface area contributed by atoms with Gasteiger partial charge in [0.1, 0.15) is 6.10 Å². The molecule has 7 heteroatoms. The highest BCUT2D eigenvalue weighted by molar-refractivity contribution is 7.99. The summed E-state index contributed by atoms with van der Waals surface area (Å²) in [6.07, 6.45) is 2.18.